The standard InChI is InChI=1S/C24H22N2O6/c27-21(22(28)20-10-9-14(11-25-20)23(29)30)12-26-24(31)32-13-19-17-7-3-1-5-15(17)16-6-2-4-8-18(16)19/h1-11,19,21-22,27-28H,12-13H2,(H,26,31)(H,29,30). The van der Waals surface area contributed by atoms with E-state index in [1.165, 1.54) is 12.1 Å². The lowest BCUT2D eigenvalue weighted by atomic mass is 9.98. The van der Waals surface area contributed by atoms with Crippen molar-refractivity contribution in [3.05, 3.63) is 89.2 Å². The Morgan fingerprint density at radius 3 is 2.16 bits per heavy atom. The largest absolute Gasteiger partial charge is 0.478 e. The second-order valence-corrected chi connectivity index (χ2v) is 7.50. The predicted octanol–water partition coefficient (Wildman–Crippen LogP) is 2.71. The fraction of sp³-hybridized carbons (Fsp3) is 0.208. The Morgan fingerprint density at radius 1 is 0.969 bits per heavy atom. The molecule has 164 valence electrons. The summed E-state index contributed by atoms with van der Waals surface area (Å²) in [5.41, 5.74) is 4.49. The molecule has 0 fully saturated rings. The number of pyridine rings is 1. The molecule has 0 radical (unpaired) electrons. The predicted molar refractivity (Wildman–Crippen MR) is 115 cm³/mol. The van der Waals surface area contributed by atoms with Crippen LogP contribution in [0.1, 0.15) is 39.2 Å². The first-order valence-electron chi connectivity index (χ1n) is 10.1. The molecule has 1 aliphatic rings. The number of aromatic nitrogens is 1. The first kappa shape index (κ1) is 21.5. The van der Waals surface area contributed by atoms with E-state index in [2.05, 4.69) is 10.3 Å². The van der Waals surface area contributed by atoms with Crippen molar-refractivity contribution >= 4 is 12.1 Å². The molecule has 2 atom stereocenters. The number of rotatable bonds is 7. The molecule has 3 aromatic rings. The van der Waals surface area contributed by atoms with E-state index in [0.717, 1.165) is 28.5 Å². The van der Waals surface area contributed by atoms with Gasteiger partial charge in [-0.25, -0.2) is 9.59 Å². The van der Waals surface area contributed by atoms with Crippen LogP contribution in [0.3, 0.4) is 0 Å². The smallest absolute Gasteiger partial charge is 0.407 e. The number of fused-ring (bicyclic) bond motifs is 3. The van der Waals surface area contributed by atoms with Crippen molar-refractivity contribution in [1.82, 2.24) is 10.3 Å². The van der Waals surface area contributed by atoms with Crippen LogP contribution in [0.5, 0.6) is 0 Å². The van der Waals surface area contributed by atoms with Crippen molar-refractivity contribution in [3.8, 4) is 11.1 Å². The SMILES string of the molecule is O=C(NCC(O)C(O)c1ccc(C(=O)O)cn1)OCC1c2ccccc2-c2ccccc21. The average Bonchev–Trinajstić information content (AvgIpc) is 3.14. The summed E-state index contributed by atoms with van der Waals surface area (Å²) in [6.07, 6.45) is -2.37. The van der Waals surface area contributed by atoms with Gasteiger partial charge in [0, 0.05) is 18.7 Å². The second kappa shape index (κ2) is 9.17. The fourth-order valence-corrected chi connectivity index (χ4v) is 3.85. The van der Waals surface area contributed by atoms with E-state index in [9.17, 15) is 19.8 Å². The van der Waals surface area contributed by atoms with Crippen molar-refractivity contribution in [1.29, 1.82) is 0 Å². The van der Waals surface area contributed by atoms with E-state index < -0.39 is 24.3 Å². The third kappa shape index (κ3) is 4.32. The summed E-state index contributed by atoms with van der Waals surface area (Å²) >= 11 is 0. The molecule has 4 rings (SSSR count). The number of carbonyl (C=O) groups excluding carboxylic acids is 1. The van der Waals surface area contributed by atoms with Crippen LogP contribution in [0.4, 0.5) is 4.79 Å². The van der Waals surface area contributed by atoms with Gasteiger partial charge in [-0.3, -0.25) is 4.98 Å². The second-order valence-electron chi connectivity index (χ2n) is 7.50. The average molecular weight is 434 g/mol. The highest BCUT2D eigenvalue weighted by Crippen LogP contribution is 2.44. The molecule has 2 aromatic carbocycles. The van der Waals surface area contributed by atoms with Crippen molar-refractivity contribution in [2.24, 2.45) is 0 Å². The molecule has 0 bridgehead atoms. The molecule has 8 nitrogen and oxygen atoms in total. The van der Waals surface area contributed by atoms with Crippen molar-refractivity contribution in [3.63, 3.8) is 0 Å². The number of alkyl carbamates (subject to hydrolysis) is 1. The Morgan fingerprint density at radius 2 is 1.59 bits per heavy atom. The summed E-state index contributed by atoms with van der Waals surface area (Å²) in [4.78, 5) is 26.9. The molecule has 2 unspecified atom stereocenters. The van der Waals surface area contributed by atoms with Crippen LogP contribution in [-0.2, 0) is 4.74 Å². The summed E-state index contributed by atoms with van der Waals surface area (Å²) in [5, 5.41) is 31.7. The number of aliphatic hydroxyl groups excluding tert-OH is 2. The maximum absolute atomic E-state index is 12.2. The van der Waals surface area contributed by atoms with Gasteiger partial charge in [-0.1, -0.05) is 48.5 Å². The van der Waals surface area contributed by atoms with Gasteiger partial charge in [0.2, 0.25) is 0 Å². The van der Waals surface area contributed by atoms with Crippen molar-refractivity contribution in [2.45, 2.75) is 18.1 Å². The fourth-order valence-electron chi connectivity index (χ4n) is 3.85. The highest BCUT2D eigenvalue weighted by atomic mass is 16.5. The monoisotopic (exact) mass is 434 g/mol. The lowest BCUT2D eigenvalue weighted by molar-refractivity contribution is 0.0160. The quantitative estimate of drug-likeness (QED) is 0.450. The maximum atomic E-state index is 12.2. The molecule has 4 N–H and O–H groups in total. The van der Waals surface area contributed by atoms with Crippen LogP contribution in [0.2, 0.25) is 0 Å². The van der Waals surface area contributed by atoms with E-state index >= 15 is 0 Å². The van der Waals surface area contributed by atoms with Crippen LogP contribution >= 0.6 is 0 Å². The van der Waals surface area contributed by atoms with Gasteiger partial charge in [0.15, 0.2) is 0 Å². The van der Waals surface area contributed by atoms with Crippen molar-refractivity contribution in [2.75, 3.05) is 13.2 Å². The zero-order chi connectivity index (χ0) is 22.7. The van der Waals surface area contributed by atoms with Crippen LogP contribution in [0.15, 0.2) is 66.9 Å². The Kier molecular flexibility index (Phi) is 6.16. The van der Waals surface area contributed by atoms with Gasteiger partial charge < -0.3 is 25.4 Å². The van der Waals surface area contributed by atoms with Gasteiger partial charge in [-0.05, 0) is 34.4 Å². The molecular formula is C24H22N2O6. The Labute approximate surface area is 184 Å². The molecule has 1 aromatic heterocycles. The Balaban J connectivity index is 1.32. The highest BCUT2D eigenvalue weighted by molar-refractivity contribution is 5.87. The van der Waals surface area contributed by atoms with Crippen LogP contribution in [0.25, 0.3) is 11.1 Å². The number of benzene rings is 2. The van der Waals surface area contributed by atoms with Gasteiger partial charge in [-0.2, -0.15) is 0 Å². The molecule has 0 saturated heterocycles. The highest BCUT2D eigenvalue weighted by Gasteiger charge is 2.29. The minimum Gasteiger partial charge on any atom is -0.478 e. The lowest BCUT2D eigenvalue weighted by Crippen LogP contribution is -2.36. The maximum Gasteiger partial charge on any atom is 0.407 e. The number of carboxylic acid groups (broad SMARTS) is 1. The number of hydrogen-bond acceptors (Lipinski definition) is 6. The molecule has 0 saturated carbocycles. The van der Waals surface area contributed by atoms with Crippen LogP contribution < -0.4 is 5.32 Å². The number of aromatic carboxylic acids is 1. The minimum absolute atomic E-state index is 0.0350. The molecule has 1 aliphatic carbocycles. The summed E-state index contributed by atoms with van der Waals surface area (Å²) in [7, 11) is 0. The zero-order valence-corrected chi connectivity index (χ0v) is 17.0. The number of aliphatic hydroxyl groups is 2. The molecule has 1 heterocycles. The third-order valence-electron chi connectivity index (χ3n) is 5.50. The minimum atomic E-state index is -1.40. The van der Waals surface area contributed by atoms with E-state index in [1.54, 1.807) is 0 Å². The van der Waals surface area contributed by atoms with Gasteiger partial charge in [-0.15, -0.1) is 0 Å². The Hall–Kier alpha value is -3.75. The van der Waals surface area contributed by atoms with Gasteiger partial charge in [0.25, 0.3) is 0 Å². The molecule has 0 spiro atoms. The molecule has 1 amide bonds. The lowest BCUT2D eigenvalue weighted by Gasteiger charge is -2.19. The van der Waals surface area contributed by atoms with E-state index in [1.807, 2.05) is 48.5 Å². The normalized spacial score (nSPS) is 14.2. The number of amides is 1. The summed E-state index contributed by atoms with van der Waals surface area (Å²) in [5.74, 6) is -1.23. The number of nitrogens with zero attached hydrogens (tertiary/aromatic N) is 1. The van der Waals surface area contributed by atoms with Crippen LogP contribution in [-0.4, -0.2) is 51.6 Å². The number of carbonyl (C=O) groups is 2. The first-order valence-corrected chi connectivity index (χ1v) is 10.1. The van der Waals surface area contributed by atoms with Crippen LogP contribution in [0, 0.1) is 0 Å². The number of nitrogens with one attached hydrogen (secondary N) is 1. The number of ether oxygens (including phenoxy) is 1. The summed E-state index contributed by atoms with van der Waals surface area (Å²) < 4.78 is 5.39. The third-order valence-corrected chi connectivity index (χ3v) is 5.50. The number of hydrogen-bond donors (Lipinski definition) is 4. The van der Waals surface area contributed by atoms with E-state index in [0.29, 0.717) is 0 Å². The molecular weight excluding hydrogens is 412 g/mol. The van der Waals surface area contributed by atoms with E-state index in [4.69, 9.17) is 9.84 Å². The first-order chi connectivity index (χ1) is 15.5. The summed E-state index contributed by atoms with van der Waals surface area (Å²) in [6.45, 7) is -0.128. The zero-order valence-electron chi connectivity index (χ0n) is 17.0. The van der Waals surface area contributed by atoms with Crippen molar-refractivity contribution < 1.29 is 29.6 Å². The molecule has 8 heteroatoms. The number of carboxylic acids is 1. The van der Waals surface area contributed by atoms with Gasteiger partial charge >= 0.3 is 12.1 Å². The topological polar surface area (TPSA) is 129 Å². The molecule has 0 aliphatic heterocycles. The van der Waals surface area contributed by atoms with Gasteiger partial charge in [0.1, 0.15) is 18.8 Å². The van der Waals surface area contributed by atoms with Gasteiger partial charge in [0.05, 0.1) is 11.3 Å². The Bertz CT molecular complexity index is 1090. The van der Waals surface area contributed by atoms with E-state index in [-0.39, 0.29) is 30.3 Å². The summed E-state index contributed by atoms with van der Waals surface area (Å²) in [6, 6.07) is 18.6. The molecule has 32 heavy (non-hydrogen) atoms.